The van der Waals surface area contributed by atoms with Crippen molar-refractivity contribution >= 4 is 46.4 Å². The van der Waals surface area contributed by atoms with E-state index in [0.29, 0.717) is 33.6 Å². The maximum absolute atomic E-state index is 12.6. The van der Waals surface area contributed by atoms with Gasteiger partial charge in [-0.3, -0.25) is 20.4 Å². The number of nitrogens with one attached hydrogen (secondary N) is 2. The van der Waals surface area contributed by atoms with Crippen molar-refractivity contribution in [2.75, 3.05) is 16.9 Å². The Labute approximate surface area is 196 Å². The molecule has 1 aliphatic rings. The van der Waals surface area contributed by atoms with E-state index in [-0.39, 0.29) is 24.8 Å². The van der Waals surface area contributed by atoms with E-state index in [2.05, 4.69) is 10.9 Å². The smallest absolute Gasteiger partial charge is 0.243 e. The quantitative estimate of drug-likeness (QED) is 0.474. The molecule has 4 rings (SSSR count). The molecule has 8 heteroatoms. The first-order valence-corrected chi connectivity index (χ1v) is 10.8. The molecule has 1 heterocycles. The Bertz CT molecular complexity index is 1100. The molecule has 6 nitrogen and oxygen atoms in total. The van der Waals surface area contributed by atoms with E-state index in [1.54, 1.807) is 47.4 Å². The average Bonchev–Trinajstić information content (AvgIpc) is 3.20. The highest BCUT2D eigenvalue weighted by Crippen LogP contribution is 2.27. The summed E-state index contributed by atoms with van der Waals surface area (Å²) in [6.45, 7) is 0.561. The first kappa shape index (κ1) is 22.0. The SMILES string of the molecule is O=C(NNc1cccc(OCc2c(Cl)cccc2Cl)c1)[C@H]1CC(=O)N(c2ccccc2)C1. The number of benzene rings is 3. The van der Waals surface area contributed by atoms with Crippen LogP contribution in [0.5, 0.6) is 5.75 Å². The molecule has 0 aromatic heterocycles. The van der Waals surface area contributed by atoms with Gasteiger partial charge in [-0.2, -0.15) is 0 Å². The second-order valence-corrected chi connectivity index (χ2v) is 8.19. The van der Waals surface area contributed by atoms with Gasteiger partial charge in [-0.05, 0) is 36.4 Å². The Morgan fingerprint density at radius 1 is 1.00 bits per heavy atom. The number of amides is 2. The van der Waals surface area contributed by atoms with Crippen molar-refractivity contribution in [3.63, 3.8) is 0 Å². The fraction of sp³-hybridized carbons (Fsp3) is 0.167. The van der Waals surface area contributed by atoms with Gasteiger partial charge in [-0.25, -0.2) is 0 Å². The number of carbonyl (C=O) groups is 2. The lowest BCUT2D eigenvalue weighted by atomic mass is 10.1. The number of ether oxygens (including phenoxy) is 1. The fourth-order valence-corrected chi connectivity index (χ4v) is 3.97. The summed E-state index contributed by atoms with van der Waals surface area (Å²) in [5, 5.41) is 1.07. The van der Waals surface area contributed by atoms with Gasteiger partial charge in [0.25, 0.3) is 0 Å². The normalized spacial score (nSPS) is 15.5. The van der Waals surface area contributed by atoms with Crippen molar-refractivity contribution in [3.8, 4) is 5.75 Å². The fourth-order valence-electron chi connectivity index (χ4n) is 3.47. The molecule has 0 spiro atoms. The summed E-state index contributed by atoms with van der Waals surface area (Å²) in [5.74, 6) is -0.153. The van der Waals surface area contributed by atoms with Gasteiger partial charge in [0.15, 0.2) is 0 Å². The molecular weight excluding hydrogens is 449 g/mol. The van der Waals surface area contributed by atoms with Crippen LogP contribution in [0.2, 0.25) is 10.0 Å². The van der Waals surface area contributed by atoms with Crippen LogP contribution in [0.25, 0.3) is 0 Å². The highest BCUT2D eigenvalue weighted by atomic mass is 35.5. The number of para-hydroxylation sites is 1. The molecule has 1 saturated heterocycles. The third-order valence-corrected chi connectivity index (χ3v) is 5.88. The lowest BCUT2D eigenvalue weighted by molar-refractivity contribution is -0.125. The molecule has 0 bridgehead atoms. The molecule has 0 unspecified atom stereocenters. The Morgan fingerprint density at radius 2 is 1.72 bits per heavy atom. The van der Waals surface area contributed by atoms with Crippen LogP contribution in [0.4, 0.5) is 11.4 Å². The third-order valence-electron chi connectivity index (χ3n) is 5.17. The molecule has 1 aliphatic heterocycles. The molecule has 2 N–H and O–H groups in total. The van der Waals surface area contributed by atoms with Crippen LogP contribution in [0, 0.1) is 5.92 Å². The van der Waals surface area contributed by atoms with Crippen molar-refractivity contribution < 1.29 is 14.3 Å². The number of hydrazine groups is 1. The summed E-state index contributed by atoms with van der Waals surface area (Å²) in [7, 11) is 0. The first-order valence-electron chi connectivity index (χ1n) is 10.1. The zero-order valence-electron chi connectivity index (χ0n) is 17.1. The highest BCUT2D eigenvalue weighted by Gasteiger charge is 2.35. The van der Waals surface area contributed by atoms with E-state index in [9.17, 15) is 9.59 Å². The number of hydrogen-bond donors (Lipinski definition) is 2. The first-order chi connectivity index (χ1) is 15.5. The van der Waals surface area contributed by atoms with E-state index in [0.717, 1.165) is 5.69 Å². The van der Waals surface area contributed by atoms with Crippen LogP contribution >= 0.6 is 23.2 Å². The van der Waals surface area contributed by atoms with Crippen molar-refractivity contribution in [1.29, 1.82) is 0 Å². The molecule has 3 aromatic rings. The van der Waals surface area contributed by atoms with Gasteiger partial charge in [-0.15, -0.1) is 0 Å². The van der Waals surface area contributed by atoms with Crippen molar-refractivity contribution in [2.45, 2.75) is 13.0 Å². The molecule has 0 radical (unpaired) electrons. The maximum Gasteiger partial charge on any atom is 0.243 e. The third kappa shape index (κ3) is 5.15. The predicted molar refractivity (Wildman–Crippen MR) is 126 cm³/mol. The number of hydrogen-bond acceptors (Lipinski definition) is 4. The van der Waals surface area contributed by atoms with Gasteiger partial charge >= 0.3 is 0 Å². The summed E-state index contributed by atoms with van der Waals surface area (Å²) in [6, 6.07) is 21.8. The summed E-state index contributed by atoms with van der Waals surface area (Å²) in [5.41, 5.74) is 7.72. The van der Waals surface area contributed by atoms with E-state index < -0.39 is 5.92 Å². The highest BCUT2D eigenvalue weighted by molar-refractivity contribution is 6.35. The van der Waals surface area contributed by atoms with Crippen molar-refractivity contribution in [3.05, 3.63) is 88.4 Å². The molecule has 0 saturated carbocycles. The van der Waals surface area contributed by atoms with Crippen LogP contribution in [-0.4, -0.2) is 18.4 Å². The Balaban J connectivity index is 1.32. The minimum Gasteiger partial charge on any atom is -0.489 e. The topological polar surface area (TPSA) is 70.7 Å². The molecule has 32 heavy (non-hydrogen) atoms. The van der Waals surface area contributed by atoms with E-state index >= 15 is 0 Å². The van der Waals surface area contributed by atoms with Gasteiger partial charge in [-0.1, -0.05) is 53.5 Å². The molecule has 1 atom stereocenters. The molecule has 1 fully saturated rings. The van der Waals surface area contributed by atoms with E-state index in [4.69, 9.17) is 27.9 Å². The van der Waals surface area contributed by atoms with Gasteiger partial charge < -0.3 is 9.64 Å². The average molecular weight is 470 g/mol. The minimum atomic E-state index is -0.433. The molecule has 164 valence electrons. The zero-order valence-corrected chi connectivity index (χ0v) is 18.6. The maximum atomic E-state index is 12.6. The monoisotopic (exact) mass is 469 g/mol. The molecule has 0 aliphatic carbocycles. The largest absolute Gasteiger partial charge is 0.489 e. The number of carbonyl (C=O) groups excluding carboxylic acids is 2. The standard InChI is InChI=1S/C24H21Cl2N3O3/c25-21-10-5-11-22(26)20(21)15-32-19-9-4-6-17(13-19)27-28-24(31)16-12-23(30)29(14-16)18-7-2-1-3-8-18/h1-11,13,16,27H,12,14-15H2,(H,28,31)/t16-/m0/s1. The van der Waals surface area contributed by atoms with Gasteiger partial charge in [0.1, 0.15) is 12.4 Å². The van der Waals surface area contributed by atoms with Gasteiger partial charge in [0, 0.05) is 40.3 Å². The predicted octanol–water partition coefficient (Wildman–Crippen LogP) is 5.07. The van der Waals surface area contributed by atoms with Gasteiger partial charge in [0.05, 0.1) is 11.6 Å². The van der Waals surface area contributed by atoms with Crippen LogP contribution < -0.4 is 20.5 Å². The summed E-state index contributed by atoms with van der Waals surface area (Å²) < 4.78 is 5.81. The van der Waals surface area contributed by atoms with Gasteiger partial charge in [0.2, 0.25) is 11.8 Å². The summed E-state index contributed by atoms with van der Waals surface area (Å²) >= 11 is 12.4. The molecular formula is C24H21Cl2N3O3. The Morgan fingerprint density at radius 3 is 2.47 bits per heavy atom. The number of halogens is 2. The summed E-state index contributed by atoms with van der Waals surface area (Å²) in [6.07, 6.45) is 0.171. The van der Waals surface area contributed by atoms with Crippen LogP contribution in [0.1, 0.15) is 12.0 Å². The van der Waals surface area contributed by atoms with Crippen LogP contribution in [0.15, 0.2) is 72.8 Å². The number of rotatable bonds is 7. The lowest BCUT2D eigenvalue weighted by Gasteiger charge is -2.17. The number of nitrogens with zero attached hydrogens (tertiary/aromatic N) is 1. The van der Waals surface area contributed by atoms with Crippen molar-refractivity contribution in [1.82, 2.24) is 5.43 Å². The molecule has 3 aromatic carbocycles. The van der Waals surface area contributed by atoms with Crippen LogP contribution in [-0.2, 0) is 16.2 Å². The summed E-state index contributed by atoms with van der Waals surface area (Å²) in [4.78, 5) is 26.6. The Kier molecular flexibility index (Phi) is 6.83. The zero-order chi connectivity index (χ0) is 22.5. The van der Waals surface area contributed by atoms with Crippen molar-refractivity contribution in [2.24, 2.45) is 5.92 Å². The van der Waals surface area contributed by atoms with Crippen LogP contribution in [0.3, 0.4) is 0 Å². The number of anilines is 2. The second-order valence-electron chi connectivity index (χ2n) is 7.37. The lowest BCUT2D eigenvalue weighted by Crippen LogP contribution is -2.36. The Hall–Kier alpha value is -3.22. The van der Waals surface area contributed by atoms with E-state index in [1.165, 1.54) is 0 Å². The second kappa shape index (κ2) is 9.94. The van der Waals surface area contributed by atoms with E-state index in [1.807, 2.05) is 30.3 Å². The molecule has 2 amide bonds. The minimum absolute atomic E-state index is 0.0648.